The highest BCUT2D eigenvalue weighted by molar-refractivity contribution is 8.00. The van der Waals surface area contributed by atoms with Crippen LogP contribution in [0, 0.1) is 12.7 Å². The summed E-state index contributed by atoms with van der Waals surface area (Å²) in [6, 6.07) is 24.6. The lowest BCUT2D eigenvalue weighted by Crippen LogP contribution is -2.29. The Kier molecular flexibility index (Phi) is 9.46. The summed E-state index contributed by atoms with van der Waals surface area (Å²) in [5.41, 5.74) is 2.05. The first-order chi connectivity index (χ1) is 22.4. The van der Waals surface area contributed by atoms with Crippen molar-refractivity contribution in [2.24, 2.45) is 0 Å². The number of benzene rings is 4. The van der Waals surface area contributed by atoms with E-state index in [0.29, 0.717) is 33.6 Å². The smallest absolute Gasteiger partial charge is 0.301 e. The molecular formula is C36H32FN3O4S2. The molecule has 1 aliphatic heterocycles. The van der Waals surface area contributed by atoms with Crippen molar-refractivity contribution in [3.8, 4) is 5.75 Å². The molecule has 1 saturated heterocycles. The monoisotopic (exact) mass is 653 g/mol. The Labute approximate surface area is 274 Å². The van der Waals surface area contributed by atoms with Crippen molar-refractivity contribution in [1.82, 2.24) is 10.2 Å². The number of aryl methyl sites for hydroxylation is 1. The van der Waals surface area contributed by atoms with Crippen molar-refractivity contribution in [2.75, 3.05) is 11.5 Å². The summed E-state index contributed by atoms with van der Waals surface area (Å²) in [4.78, 5) is 28.5. The van der Waals surface area contributed by atoms with Gasteiger partial charge in [0.2, 0.25) is 5.13 Å². The van der Waals surface area contributed by atoms with E-state index in [1.165, 1.54) is 40.1 Å². The Bertz CT molecular complexity index is 1930. The largest absolute Gasteiger partial charge is 0.507 e. The molecule has 0 spiro atoms. The zero-order valence-corrected chi connectivity index (χ0v) is 27.0. The summed E-state index contributed by atoms with van der Waals surface area (Å²) in [5.74, 6) is -1.43. The lowest BCUT2D eigenvalue weighted by Gasteiger charge is -2.22. The maximum atomic E-state index is 14.5. The number of aliphatic hydroxyl groups excluding tert-OH is 1. The Morgan fingerprint density at radius 1 is 1.00 bits per heavy atom. The van der Waals surface area contributed by atoms with Gasteiger partial charge in [0.1, 0.15) is 17.3 Å². The van der Waals surface area contributed by atoms with Gasteiger partial charge in [-0.1, -0.05) is 110 Å². The van der Waals surface area contributed by atoms with Crippen LogP contribution in [-0.2, 0) is 15.3 Å². The van der Waals surface area contributed by atoms with Gasteiger partial charge in [0.15, 0.2) is 4.34 Å². The van der Waals surface area contributed by atoms with E-state index < -0.39 is 29.3 Å². The van der Waals surface area contributed by atoms with Gasteiger partial charge in [-0.2, -0.15) is 0 Å². The number of amides is 1. The zero-order chi connectivity index (χ0) is 32.2. The number of aromatic nitrogens is 2. The Hall–Kier alpha value is -4.54. The number of thioether (sulfide) groups is 1. The second-order valence-electron chi connectivity index (χ2n) is 11.0. The van der Waals surface area contributed by atoms with Crippen LogP contribution in [0.4, 0.5) is 9.52 Å². The number of aliphatic hydroxyl groups is 1. The molecule has 6 rings (SSSR count). The van der Waals surface area contributed by atoms with Gasteiger partial charge in [-0.25, -0.2) is 4.39 Å². The number of ketones is 1. The molecule has 1 aromatic heterocycles. The van der Waals surface area contributed by atoms with E-state index in [9.17, 15) is 19.1 Å². The molecular weight excluding hydrogens is 622 g/mol. The van der Waals surface area contributed by atoms with Crippen molar-refractivity contribution in [1.29, 1.82) is 0 Å². The fourth-order valence-electron chi connectivity index (χ4n) is 5.45. The summed E-state index contributed by atoms with van der Waals surface area (Å²) in [5, 5.41) is 22.6. The molecule has 46 heavy (non-hydrogen) atoms. The van der Waals surface area contributed by atoms with Crippen LogP contribution in [0.5, 0.6) is 5.75 Å². The Morgan fingerprint density at radius 2 is 1.78 bits per heavy atom. The molecule has 2 heterocycles. The number of anilines is 1. The topological polar surface area (TPSA) is 92.6 Å². The fraction of sp³-hybridized carbons (Fsp3) is 0.222. The van der Waals surface area contributed by atoms with Crippen LogP contribution in [0.2, 0.25) is 0 Å². The average Bonchev–Trinajstić information content (AvgIpc) is 3.64. The van der Waals surface area contributed by atoms with Gasteiger partial charge in [0, 0.05) is 11.3 Å². The van der Waals surface area contributed by atoms with Crippen LogP contribution in [0.3, 0.4) is 0 Å². The SMILES string of the molecule is CCCCCOc1ccc([C@@H]2C(=C(O)c3ccc(C)c(F)c3)C(=O)C(=O)N2c2nnc(SCc3cccc4ccccc34)s2)cc1. The summed E-state index contributed by atoms with van der Waals surface area (Å²) in [6.07, 6.45) is 3.08. The van der Waals surface area contributed by atoms with Crippen molar-refractivity contribution >= 4 is 56.5 Å². The molecule has 0 saturated carbocycles. The predicted molar refractivity (Wildman–Crippen MR) is 181 cm³/mol. The molecule has 10 heteroatoms. The number of hydrogen-bond acceptors (Lipinski definition) is 8. The van der Waals surface area contributed by atoms with Gasteiger partial charge in [-0.05, 0) is 59.0 Å². The molecule has 4 aromatic carbocycles. The molecule has 1 fully saturated rings. The number of nitrogens with zero attached hydrogens (tertiary/aromatic N) is 3. The Balaban J connectivity index is 1.34. The number of halogens is 1. The second-order valence-corrected chi connectivity index (χ2v) is 13.2. The highest BCUT2D eigenvalue weighted by Gasteiger charge is 2.48. The molecule has 234 valence electrons. The number of unbranched alkanes of at least 4 members (excludes halogenated alkanes) is 2. The van der Waals surface area contributed by atoms with Crippen LogP contribution in [-0.4, -0.2) is 33.6 Å². The first-order valence-corrected chi connectivity index (χ1v) is 16.9. The summed E-state index contributed by atoms with van der Waals surface area (Å²) in [7, 11) is 0. The van der Waals surface area contributed by atoms with Gasteiger partial charge in [0.05, 0.1) is 18.2 Å². The minimum absolute atomic E-state index is 0.102. The van der Waals surface area contributed by atoms with Crippen molar-refractivity contribution in [3.63, 3.8) is 0 Å². The maximum absolute atomic E-state index is 14.5. The van der Waals surface area contributed by atoms with Gasteiger partial charge in [-0.3, -0.25) is 14.5 Å². The standard InChI is InChI=1S/C36H32FN3O4S2/c1-3-4-7-19-44-27-17-15-24(16-18-27)31-30(32(41)25-14-13-22(2)29(37)20-25)33(42)34(43)40(31)35-38-39-36(46-35)45-21-26-11-8-10-23-9-5-6-12-28(23)26/h5-6,8-18,20,31,41H,3-4,7,19,21H2,1-2H3/t31-/m1/s1. The van der Waals surface area contributed by atoms with Crippen LogP contribution >= 0.6 is 23.1 Å². The highest BCUT2D eigenvalue weighted by atomic mass is 32.2. The van der Waals surface area contributed by atoms with E-state index in [1.54, 1.807) is 31.2 Å². The van der Waals surface area contributed by atoms with E-state index in [1.807, 2.05) is 18.2 Å². The molecule has 1 aliphatic rings. The molecule has 0 bridgehead atoms. The predicted octanol–water partition coefficient (Wildman–Crippen LogP) is 8.63. The lowest BCUT2D eigenvalue weighted by atomic mass is 9.95. The van der Waals surface area contributed by atoms with E-state index in [-0.39, 0.29) is 16.3 Å². The van der Waals surface area contributed by atoms with E-state index in [0.717, 1.165) is 41.7 Å². The first-order valence-electron chi connectivity index (χ1n) is 15.1. The molecule has 7 nitrogen and oxygen atoms in total. The van der Waals surface area contributed by atoms with Crippen LogP contribution in [0.15, 0.2) is 94.8 Å². The van der Waals surface area contributed by atoms with Gasteiger partial charge >= 0.3 is 5.91 Å². The molecule has 5 aromatic rings. The van der Waals surface area contributed by atoms with E-state index in [4.69, 9.17) is 4.74 Å². The normalized spacial score (nSPS) is 16.0. The summed E-state index contributed by atoms with van der Waals surface area (Å²) < 4.78 is 21.0. The number of carbonyl (C=O) groups is 2. The molecule has 0 radical (unpaired) electrons. The van der Waals surface area contributed by atoms with Crippen LogP contribution in [0.25, 0.3) is 16.5 Å². The van der Waals surface area contributed by atoms with Crippen LogP contribution < -0.4 is 9.64 Å². The van der Waals surface area contributed by atoms with Gasteiger partial charge in [-0.15, -0.1) is 10.2 Å². The minimum Gasteiger partial charge on any atom is -0.507 e. The van der Waals surface area contributed by atoms with Crippen molar-refractivity contribution in [2.45, 2.75) is 49.2 Å². The lowest BCUT2D eigenvalue weighted by molar-refractivity contribution is -0.132. The molecule has 1 atom stereocenters. The molecule has 1 N–H and O–H groups in total. The molecule has 1 amide bonds. The first kappa shape index (κ1) is 31.4. The number of rotatable bonds is 11. The Morgan fingerprint density at radius 3 is 2.57 bits per heavy atom. The maximum Gasteiger partial charge on any atom is 0.301 e. The quantitative estimate of drug-likeness (QED) is 0.0381. The zero-order valence-electron chi connectivity index (χ0n) is 25.4. The van der Waals surface area contributed by atoms with Gasteiger partial charge in [0.25, 0.3) is 5.78 Å². The number of ether oxygens (including phenoxy) is 1. The average molecular weight is 654 g/mol. The molecule has 0 aliphatic carbocycles. The molecule has 0 unspecified atom stereocenters. The number of hydrogen-bond donors (Lipinski definition) is 1. The van der Waals surface area contributed by atoms with E-state index >= 15 is 0 Å². The third kappa shape index (κ3) is 6.41. The van der Waals surface area contributed by atoms with Crippen molar-refractivity contribution < 1.29 is 23.8 Å². The number of Topliss-reactive ketones (excluding diaryl/α,β-unsaturated/α-hetero) is 1. The summed E-state index contributed by atoms with van der Waals surface area (Å²) in [6.45, 7) is 4.31. The number of fused-ring (bicyclic) bond motifs is 1. The summed E-state index contributed by atoms with van der Waals surface area (Å²) >= 11 is 2.69. The van der Waals surface area contributed by atoms with E-state index in [2.05, 4.69) is 41.4 Å². The highest BCUT2D eigenvalue weighted by Crippen LogP contribution is 2.44. The third-order valence-corrected chi connectivity index (χ3v) is 10.0. The van der Waals surface area contributed by atoms with Crippen molar-refractivity contribution in [3.05, 3.63) is 119 Å². The van der Waals surface area contributed by atoms with Crippen LogP contribution in [0.1, 0.15) is 54.5 Å². The second kappa shape index (κ2) is 13.8. The fourth-order valence-corrected chi connectivity index (χ4v) is 7.32. The third-order valence-electron chi connectivity index (χ3n) is 7.94. The number of carbonyl (C=O) groups excluding carboxylic acids is 2. The van der Waals surface area contributed by atoms with Gasteiger partial charge < -0.3 is 9.84 Å². The minimum atomic E-state index is -1.01.